The molecule has 3 rings (SSSR count). The summed E-state index contributed by atoms with van der Waals surface area (Å²) >= 11 is 0. The summed E-state index contributed by atoms with van der Waals surface area (Å²) < 4.78 is 1.45. The normalized spacial score (nSPS) is 17.4. The zero-order valence-corrected chi connectivity index (χ0v) is 15.0. The molecule has 2 aromatic rings. The van der Waals surface area contributed by atoms with E-state index in [0.29, 0.717) is 18.0 Å². The summed E-state index contributed by atoms with van der Waals surface area (Å²) in [6, 6.07) is 7.20. The van der Waals surface area contributed by atoms with Gasteiger partial charge in [0, 0.05) is 58.6 Å². The van der Waals surface area contributed by atoms with Gasteiger partial charge in [-0.15, -0.1) is 0 Å². The number of amides is 1. The monoisotopic (exact) mass is 340 g/mol. The lowest BCUT2D eigenvalue weighted by Gasteiger charge is -2.33. The number of nitrogens with zero attached hydrogens (tertiary/aromatic N) is 4. The first-order valence-corrected chi connectivity index (χ1v) is 8.55. The number of aryl methyl sites for hydroxylation is 1. The number of aromatic nitrogens is 2. The molecule has 0 N–H and O–H groups in total. The van der Waals surface area contributed by atoms with E-state index in [-0.39, 0.29) is 11.5 Å². The number of piperidine rings is 1. The number of anilines is 1. The maximum atomic E-state index is 12.8. The van der Waals surface area contributed by atoms with Gasteiger partial charge in [-0.25, -0.2) is 4.98 Å². The standard InChI is InChI=1S/C19H24N4O2/c1-21(2)17-11-14(8-9-20-17)15-5-4-10-23(13-15)19(25)16-6-7-18(24)22(3)12-16/h6-9,11-12,15H,4-5,10,13H2,1-3H3/t15-/m1/s1. The van der Waals surface area contributed by atoms with E-state index in [1.165, 1.54) is 16.2 Å². The first-order valence-electron chi connectivity index (χ1n) is 8.55. The lowest BCUT2D eigenvalue weighted by molar-refractivity contribution is 0.0706. The summed E-state index contributed by atoms with van der Waals surface area (Å²) in [6.45, 7) is 1.45. The quantitative estimate of drug-likeness (QED) is 0.856. The second-order valence-electron chi connectivity index (χ2n) is 6.80. The van der Waals surface area contributed by atoms with Gasteiger partial charge in [-0.3, -0.25) is 9.59 Å². The minimum atomic E-state index is -0.110. The lowest BCUT2D eigenvalue weighted by atomic mass is 9.91. The van der Waals surface area contributed by atoms with E-state index in [4.69, 9.17) is 0 Å². The van der Waals surface area contributed by atoms with Crippen LogP contribution in [0.3, 0.4) is 0 Å². The Bertz CT molecular complexity index is 828. The van der Waals surface area contributed by atoms with E-state index < -0.39 is 0 Å². The fourth-order valence-corrected chi connectivity index (χ4v) is 3.27. The number of hydrogen-bond donors (Lipinski definition) is 0. The molecule has 25 heavy (non-hydrogen) atoms. The Kier molecular flexibility index (Phi) is 4.88. The van der Waals surface area contributed by atoms with Crippen molar-refractivity contribution in [2.45, 2.75) is 18.8 Å². The van der Waals surface area contributed by atoms with Crippen LogP contribution in [0.2, 0.25) is 0 Å². The van der Waals surface area contributed by atoms with Crippen molar-refractivity contribution in [1.82, 2.24) is 14.5 Å². The van der Waals surface area contributed by atoms with Crippen LogP contribution < -0.4 is 10.5 Å². The molecule has 0 unspecified atom stereocenters. The molecule has 2 aromatic heterocycles. The van der Waals surface area contributed by atoms with Gasteiger partial charge < -0.3 is 14.4 Å². The molecule has 1 fully saturated rings. The maximum absolute atomic E-state index is 12.8. The molecule has 0 aromatic carbocycles. The molecule has 1 saturated heterocycles. The summed E-state index contributed by atoms with van der Waals surface area (Å²) in [5.74, 6) is 1.23. The smallest absolute Gasteiger partial charge is 0.255 e. The van der Waals surface area contributed by atoms with Crippen molar-refractivity contribution in [3.05, 3.63) is 58.1 Å². The maximum Gasteiger partial charge on any atom is 0.255 e. The topological polar surface area (TPSA) is 58.4 Å². The van der Waals surface area contributed by atoms with Gasteiger partial charge in [-0.05, 0) is 36.6 Å². The van der Waals surface area contributed by atoms with E-state index in [9.17, 15) is 9.59 Å². The first-order chi connectivity index (χ1) is 12.0. The van der Waals surface area contributed by atoms with Crippen LogP contribution in [0.25, 0.3) is 0 Å². The number of rotatable bonds is 3. The molecule has 0 bridgehead atoms. The summed E-state index contributed by atoms with van der Waals surface area (Å²) in [5, 5.41) is 0. The summed E-state index contributed by atoms with van der Waals surface area (Å²) in [6.07, 6.45) is 5.49. The molecule has 1 aliphatic rings. The molecule has 1 aliphatic heterocycles. The molecule has 6 heteroatoms. The highest BCUT2D eigenvalue weighted by Crippen LogP contribution is 2.29. The summed E-state index contributed by atoms with van der Waals surface area (Å²) in [4.78, 5) is 32.6. The van der Waals surface area contributed by atoms with Gasteiger partial charge in [0.25, 0.3) is 5.91 Å². The molecule has 0 saturated carbocycles. The first kappa shape index (κ1) is 17.2. The summed E-state index contributed by atoms with van der Waals surface area (Å²) in [5.41, 5.74) is 1.67. The van der Waals surface area contributed by atoms with Gasteiger partial charge >= 0.3 is 0 Å². The van der Waals surface area contributed by atoms with E-state index in [1.54, 1.807) is 19.3 Å². The third-order valence-corrected chi connectivity index (χ3v) is 4.74. The molecule has 0 aliphatic carbocycles. The Morgan fingerprint density at radius 3 is 2.80 bits per heavy atom. The second-order valence-corrected chi connectivity index (χ2v) is 6.80. The van der Waals surface area contributed by atoms with Crippen LogP contribution in [0.5, 0.6) is 0 Å². The Morgan fingerprint density at radius 1 is 1.28 bits per heavy atom. The predicted octanol–water partition coefficient (Wildman–Crippen LogP) is 1.87. The Labute approximate surface area is 147 Å². The van der Waals surface area contributed by atoms with Crippen molar-refractivity contribution >= 4 is 11.7 Å². The van der Waals surface area contributed by atoms with Gasteiger partial charge in [-0.2, -0.15) is 0 Å². The second kappa shape index (κ2) is 7.09. The minimum Gasteiger partial charge on any atom is -0.363 e. The number of likely N-dealkylation sites (tertiary alicyclic amines) is 1. The fraction of sp³-hybridized carbons (Fsp3) is 0.421. The van der Waals surface area contributed by atoms with Gasteiger partial charge in [0.1, 0.15) is 5.82 Å². The zero-order valence-electron chi connectivity index (χ0n) is 15.0. The van der Waals surface area contributed by atoms with Crippen molar-refractivity contribution in [1.29, 1.82) is 0 Å². The molecule has 6 nitrogen and oxygen atoms in total. The van der Waals surface area contributed by atoms with Gasteiger partial charge in [0.2, 0.25) is 5.56 Å². The van der Waals surface area contributed by atoms with Crippen LogP contribution in [0.1, 0.15) is 34.7 Å². The highest BCUT2D eigenvalue weighted by Gasteiger charge is 2.26. The highest BCUT2D eigenvalue weighted by atomic mass is 16.2. The molecule has 3 heterocycles. The minimum absolute atomic E-state index is 0.0119. The van der Waals surface area contributed by atoms with Crippen LogP contribution in [0.4, 0.5) is 5.82 Å². The van der Waals surface area contributed by atoms with Crippen LogP contribution in [-0.4, -0.2) is 47.5 Å². The average Bonchev–Trinajstić information content (AvgIpc) is 2.63. The van der Waals surface area contributed by atoms with Crippen LogP contribution in [-0.2, 0) is 7.05 Å². The zero-order chi connectivity index (χ0) is 18.0. The SMILES string of the molecule is CN(C)c1cc([C@@H]2CCCN(C(=O)c3ccc(=O)n(C)c3)C2)ccn1. The molecular formula is C19H24N4O2. The van der Waals surface area contributed by atoms with Crippen molar-refractivity contribution in [3.63, 3.8) is 0 Å². The molecule has 0 spiro atoms. The number of carbonyl (C=O) groups is 1. The number of pyridine rings is 2. The number of hydrogen-bond acceptors (Lipinski definition) is 4. The van der Waals surface area contributed by atoms with Crippen molar-refractivity contribution in [3.8, 4) is 0 Å². The van der Waals surface area contributed by atoms with Crippen molar-refractivity contribution in [2.75, 3.05) is 32.1 Å². The van der Waals surface area contributed by atoms with E-state index in [2.05, 4.69) is 11.1 Å². The third kappa shape index (κ3) is 3.73. The van der Waals surface area contributed by atoms with Gasteiger partial charge in [0.15, 0.2) is 0 Å². The Hall–Kier alpha value is -2.63. The number of carbonyl (C=O) groups excluding carboxylic acids is 1. The molecular weight excluding hydrogens is 316 g/mol. The molecule has 1 amide bonds. The molecule has 132 valence electrons. The summed E-state index contributed by atoms with van der Waals surface area (Å²) in [7, 11) is 5.61. The van der Waals surface area contributed by atoms with Crippen LogP contribution in [0, 0.1) is 0 Å². The van der Waals surface area contributed by atoms with Gasteiger partial charge in [-0.1, -0.05) is 0 Å². The Morgan fingerprint density at radius 2 is 2.08 bits per heavy atom. The van der Waals surface area contributed by atoms with E-state index >= 15 is 0 Å². The van der Waals surface area contributed by atoms with Gasteiger partial charge in [0.05, 0.1) is 5.56 Å². The predicted molar refractivity (Wildman–Crippen MR) is 98.1 cm³/mol. The molecule has 1 atom stereocenters. The average molecular weight is 340 g/mol. The van der Waals surface area contributed by atoms with Crippen molar-refractivity contribution in [2.24, 2.45) is 7.05 Å². The van der Waals surface area contributed by atoms with E-state index in [1.807, 2.05) is 36.2 Å². The largest absolute Gasteiger partial charge is 0.363 e. The van der Waals surface area contributed by atoms with Crippen molar-refractivity contribution < 1.29 is 4.79 Å². The molecule has 0 radical (unpaired) electrons. The fourth-order valence-electron chi connectivity index (χ4n) is 3.27. The lowest BCUT2D eigenvalue weighted by Crippen LogP contribution is -2.39. The van der Waals surface area contributed by atoms with Crippen LogP contribution in [0.15, 0.2) is 41.5 Å². The van der Waals surface area contributed by atoms with E-state index in [0.717, 1.165) is 25.2 Å². The highest BCUT2D eigenvalue weighted by molar-refractivity contribution is 5.94. The third-order valence-electron chi connectivity index (χ3n) is 4.74. The Balaban J connectivity index is 1.78. The van der Waals surface area contributed by atoms with Crippen LogP contribution >= 0.6 is 0 Å².